The Morgan fingerprint density at radius 2 is 1.76 bits per heavy atom. The van der Waals surface area contributed by atoms with Crippen molar-refractivity contribution in [3.05, 3.63) is 30.3 Å². The Morgan fingerprint density at radius 3 is 2.38 bits per heavy atom. The first-order valence-corrected chi connectivity index (χ1v) is 19.1. The summed E-state index contributed by atoms with van der Waals surface area (Å²) in [5, 5.41) is 7.63. The summed E-state index contributed by atoms with van der Waals surface area (Å²) in [6.07, 6.45) is 0.902. The van der Waals surface area contributed by atoms with Crippen LogP contribution in [-0.4, -0.2) is 71.4 Å². The molecule has 2 fully saturated rings. The van der Waals surface area contributed by atoms with Crippen molar-refractivity contribution in [2.24, 2.45) is 0 Å². The molecule has 1 aromatic rings. The predicted molar refractivity (Wildman–Crippen MR) is 138 cm³/mol. The van der Waals surface area contributed by atoms with Gasteiger partial charge in [-0.1, -0.05) is 18.2 Å². The van der Waals surface area contributed by atoms with Crippen LogP contribution in [0.2, 0.25) is 21.0 Å². The third kappa shape index (κ3) is 5.75. The molecule has 0 aliphatic carbocycles. The minimum absolute atomic E-state index is 0.167. The normalized spacial score (nSPS) is 23.1. The fourth-order valence-corrected chi connectivity index (χ4v) is 13.9. The maximum absolute atomic E-state index is 13.0. The zero-order valence-corrected chi connectivity index (χ0v) is 23.9. The van der Waals surface area contributed by atoms with Crippen LogP contribution >= 0.6 is 11.8 Å². The van der Waals surface area contributed by atoms with E-state index in [1.165, 1.54) is 32.8 Å². The Bertz CT molecular complexity index is 869. The zero-order valence-electron chi connectivity index (χ0n) is 21.0. The van der Waals surface area contributed by atoms with Crippen LogP contribution in [0, 0.1) is 0 Å². The van der Waals surface area contributed by atoms with Crippen molar-refractivity contribution in [1.29, 1.82) is 0 Å². The van der Waals surface area contributed by atoms with E-state index in [0.29, 0.717) is 12.4 Å². The average molecular weight is 551 g/mol. The molecule has 2 saturated heterocycles. The van der Waals surface area contributed by atoms with Gasteiger partial charge < -0.3 is 4.74 Å². The first-order valence-electron chi connectivity index (χ1n) is 12.3. The van der Waals surface area contributed by atoms with E-state index in [9.17, 15) is 14.4 Å². The average Bonchev–Trinajstić information content (AvgIpc) is 3.10. The Hall–Kier alpha value is -1.68. The van der Waals surface area contributed by atoms with Crippen LogP contribution in [0.25, 0.3) is 0 Å². The summed E-state index contributed by atoms with van der Waals surface area (Å²) in [5.41, 5.74) is 0. The number of carbonyl (C=O) groups excluding carboxylic acids is 3. The molecule has 34 heavy (non-hydrogen) atoms. The predicted octanol–water partition coefficient (Wildman–Crippen LogP) is 4.05. The van der Waals surface area contributed by atoms with Gasteiger partial charge in [0, 0.05) is 0 Å². The Kier molecular flexibility index (Phi) is 9.00. The van der Waals surface area contributed by atoms with Crippen molar-refractivity contribution in [3.63, 3.8) is 0 Å². The standard InChI is InChI=1S/C25H38GeN2O5S/c1-6-26(7-2,8-3)15-12-16-32-24(31)21-25(4,5)34-23-20(22(30)28(21)23)27-19(29)17-33-18-13-10-9-11-14-18/h9-11,13-14,20-21,23H,6-8,12,15-17H2,1-5H3,(H,27,29). The first kappa shape index (κ1) is 26.9. The van der Waals surface area contributed by atoms with Crippen LogP contribution < -0.4 is 10.1 Å². The fraction of sp³-hybridized carbons (Fsp3) is 0.640. The Labute approximate surface area is 210 Å². The van der Waals surface area contributed by atoms with Gasteiger partial charge in [0.05, 0.1) is 0 Å². The number of carbonyl (C=O) groups is 3. The molecule has 0 radical (unpaired) electrons. The van der Waals surface area contributed by atoms with Gasteiger partial charge in [-0.15, -0.1) is 0 Å². The van der Waals surface area contributed by atoms with E-state index < -0.39 is 30.1 Å². The number of benzene rings is 1. The van der Waals surface area contributed by atoms with Crippen molar-refractivity contribution >= 4 is 42.8 Å². The van der Waals surface area contributed by atoms with Crippen LogP contribution in [0.4, 0.5) is 0 Å². The van der Waals surface area contributed by atoms with Crippen molar-refractivity contribution in [2.45, 2.75) is 84.3 Å². The van der Waals surface area contributed by atoms with Crippen LogP contribution in [-0.2, 0) is 19.1 Å². The van der Waals surface area contributed by atoms with Gasteiger partial charge >= 0.3 is 170 Å². The number of para-hydroxylation sites is 1. The van der Waals surface area contributed by atoms with Crippen molar-refractivity contribution < 1.29 is 23.9 Å². The number of β-lactam (4-membered cyclic amide) rings is 1. The van der Waals surface area contributed by atoms with Crippen molar-refractivity contribution in [2.75, 3.05) is 13.2 Å². The number of nitrogens with zero attached hydrogens (tertiary/aromatic N) is 1. The quantitative estimate of drug-likeness (QED) is 0.183. The summed E-state index contributed by atoms with van der Waals surface area (Å²) in [5.74, 6) is -0.345. The second kappa shape index (κ2) is 11.4. The van der Waals surface area contributed by atoms with Crippen LogP contribution in [0.3, 0.4) is 0 Å². The van der Waals surface area contributed by atoms with Gasteiger partial charge in [0.2, 0.25) is 0 Å². The van der Waals surface area contributed by atoms with Gasteiger partial charge in [0.15, 0.2) is 0 Å². The number of thioether (sulfide) groups is 1. The molecule has 9 heteroatoms. The van der Waals surface area contributed by atoms with Crippen LogP contribution in [0.15, 0.2) is 30.3 Å². The molecule has 3 atom stereocenters. The molecule has 7 nitrogen and oxygen atoms in total. The number of hydrogen-bond acceptors (Lipinski definition) is 6. The molecule has 0 saturated carbocycles. The molecule has 1 aromatic carbocycles. The van der Waals surface area contributed by atoms with E-state index in [1.807, 2.05) is 32.0 Å². The van der Waals surface area contributed by atoms with Gasteiger partial charge in [-0.25, -0.2) is 0 Å². The third-order valence-corrected chi connectivity index (χ3v) is 21.4. The molecular formula is C25H38GeN2O5S. The number of esters is 1. The van der Waals surface area contributed by atoms with E-state index in [2.05, 4.69) is 26.1 Å². The summed E-state index contributed by atoms with van der Waals surface area (Å²) < 4.78 is 10.7. The minimum atomic E-state index is -1.78. The monoisotopic (exact) mass is 552 g/mol. The molecule has 2 heterocycles. The maximum atomic E-state index is 13.0. The molecule has 1 N–H and O–H groups in total. The van der Waals surface area contributed by atoms with Gasteiger partial charge in [-0.05, 0) is 12.1 Å². The summed E-state index contributed by atoms with van der Waals surface area (Å²) in [6.45, 7) is 11.1. The van der Waals surface area contributed by atoms with Gasteiger partial charge in [-0.3, -0.25) is 0 Å². The molecule has 2 aliphatic heterocycles. The van der Waals surface area contributed by atoms with Crippen LogP contribution in [0.5, 0.6) is 5.75 Å². The molecular weight excluding hydrogens is 513 g/mol. The number of amides is 2. The zero-order chi connectivity index (χ0) is 24.9. The summed E-state index contributed by atoms with van der Waals surface area (Å²) in [7, 11) is 0. The first-order chi connectivity index (χ1) is 16.2. The van der Waals surface area contributed by atoms with Gasteiger partial charge in [-0.2, -0.15) is 0 Å². The Balaban J connectivity index is 1.51. The number of hydrogen-bond donors (Lipinski definition) is 1. The summed E-state index contributed by atoms with van der Waals surface area (Å²) in [4.78, 5) is 39.8. The number of rotatable bonds is 12. The fourth-order valence-electron chi connectivity index (χ4n) is 4.99. The Morgan fingerprint density at radius 1 is 1.12 bits per heavy atom. The van der Waals surface area contributed by atoms with E-state index in [-0.39, 0.29) is 29.8 Å². The van der Waals surface area contributed by atoms with Crippen molar-refractivity contribution in [1.82, 2.24) is 10.2 Å². The molecule has 2 amide bonds. The second-order valence-corrected chi connectivity index (χ2v) is 23.3. The SMILES string of the molecule is C[CH2][Ge]([CH2]C)([CH2]C)[CH2]CCOC(=O)C1N2C(=O)C(NC(=O)COc3ccccc3)C2SC1(C)C. The molecule has 0 aromatic heterocycles. The third-order valence-electron chi connectivity index (χ3n) is 7.44. The number of fused-ring (bicyclic) bond motifs is 1. The van der Waals surface area contributed by atoms with E-state index >= 15 is 0 Å². The number of nitrogens with one attached hydrogen (secondary N) is 1. The van der Waals surface area contributed by atoms with E-state index in [1.54, 1.807) is 17.0 Å². The van der Waals surface area contributed by atoms with E-state index in [0.717, 1.165) is 6.42 Å². The molecule has 188 valence electrons. The second-order valence-electron chi connectivity index (χ2n) is 9.74. The molecule has 3 rings (SSSR count). The molecule has 0 bridgehead atoms. The van der Waals surface area contributed by atoms with Gasteiger partial charge in [0.1, 0.15) is 5.75 Å². The molecule has 0 spiro atoms. The van der Waals surface area contributed by atoms with Crippen molar-refractivity contribution in [3.8, 4) is 5.75 Å². The van der Waals surface area contributed by atoms with E-state index in [4.69, 9.17) is 9.47 Å². The summed E-state index contributed by atoms with van der Waals surface area (Å²) >= 11 is -0.244. The number of ether oxygens (including phenoxy) is 2. The van der Waals surface area contributed by atoms with Crippen LogP contribution in [0.1, 0.15) is 41.0 Å². The molecule has 3 unspecified atom stereocenters. The summed E-state index contributed by atoms with van der Waals surface area (Å²) in [6, 6.07) is 7.77. The topological polar surface area (TPSA) is 84.9 Å². The molecule has 2 aliphatic rings. The van der Waals surface area contributed by atoms with Gasteiger partial charge in [0.25, 0.3) is 0 Å².